The third kappa shape index (κ3) is 1.12. The Labute approximate surface area is 83.8 Å². The molecule has 0 saturated heterocycles. The average molecular weight is 192 g/mol. The summed E-state index contributed by atoms with van der Waals surface area (Å²) < 4.78 is 2.25. The van der Waals surface area contributed by atoms with E-state index >= 15 is 0 Å². The zero-order valence-corrected chi connectivity index (χ0v) is 8.32. The van der Waals surface area contributed by atoms with Crippen LogP contribution in [0.15, 0.2) is 6.20 Å². The fourth-order valence-corrected chi connectivity index (χ4v) is 2.50. The van der Waals surface area contributed by atoms with Gasteiger partial charge in [-0.2, -0.15) is 0 Å². The van der Waals surface area contributed by atoms with Crippen LogP contribution < -0.4 is 0 Å². The number of aliphatic hydroxyl groups excluding tert-OH is 1. The molecule has 2 heterocycles. The maximum Gasteiger partial charge on any atom is 0.112 e. The van der Waals surface area contributed by atoms with Gasteiger partial charge in [-0.3, -0.25) is 0 Å². The lowest BCUT2D eigenvalue weighted by Gasteiger charge is -2.28. The fourth-order valence-electron chi connectivity index (χ4n) is 2.50. The van der Waals surface area contributed by atoms with Crippen molar-refractivity contribution in [1.82, 2.24) is 9.55 Å². The van der Waals surface area contributed by atoms with Crippen LogP contribution in [0.2, 0.25) is 0 Å². The van der Waals surface area contributed by atoms with Gasteiger partial charge in [-0.1, -0.05) is 6.42 Å². The summed E-state index contributed by atoms with van der Waals surface area (Å²) in [6.07, 6.45) is 7.50. The first-order chi connectivity index (χ1) is 6.86. The lowest BCUT2D eigenvalue weighted by molar-refractivity contribution is 0.137. The monoisotopic (exact) mass is 192 g/mol. The van der Waals surface area contributed by atoms with E-state index in [-0.39, 0.29) is 6.10 Å². The van der Waals surface area contributed by atoms with Gasteiger partial charge in [-0.15, -0.1) is 0 Å². The molecule has 1 fully saturated rings. The molecule has 1 atom stereocenters. The lowest BCUT2D eigenvalue weighted by atomic mass is 9.84. The summed E-state index contributed by atoms with van der Waals surface area (Å²) in [6, 6.07) is 0. The first-order valence-electron chi connectivity index (χ1n) is 5.59. The molecule has 0 bridgehead atoms. The van der Waals surface area contributed by atoms with Gasteiger partial charge in [0.15, 0.2) is 0 Å². The van der Waals surface area contributed by atoms with Crippen LogP contribution in [0.3, 0.4) is 0 Å². The van der Waals surface area contributed by atoms with Gasteiger partial charge in [0.25, 0.3) is 0 Å². The molecule has 0 radical (unpaired) electrons. The quantitative estimate of drug-likeness (QED) is 0.738. The molecule has 2 aliphatic rings. The minimum Gasteiger partial charge on any atom is -0.387 e. The summed E-state index contributed by atoms with van der Waals surface area (Å²) in [4.78, 5) is 4.47. The van der Waals surface area contributed by atoms with E-state index in [0.717, 1.165) is 25.1 Å². The van der Waals surface area contributed by atoms with Crippen molar-refractivity contribution in [2.24, 2.45) is 0 Å². The summed E-state index contributed by atoms with van der Waals surface area (Å²) >= 11 is 0. The molecule has 1 aliphatic heterocycles. The van der Waals surface area contributed by atoms with Crippen molar-refractivity contribution in [2.45, 2.75) is 50.7 Å². The van der Waals surface area contributed by atoms with E-state index in [0.29, 0.717) is 5.92 Å². The molecule has 0 aromatic carbocycles. The number of rotatable bonds is 1. The average Bonchev–Trinajstić information content (AvgIpc) is 2.48. The topological polar surface area (TPSA) is 38.0 Å². The number of imidazole rings is 1. The number of hydrogen-bond acceptors (Lipinski definition) is 2. The molecule has 1 aliphatic carbocycles. The molecular weight excluding hydrogens is 176 g/mol. The van der Waals surface area contributed by atoms with Crippen molar-refractivity contribution < 1.29 is 5.11 Å². The number of hydrogen-bond donors (Lipinski definition) is 1. The highest BCUT2D eigenvalue weighted by Gasteiger charge is 2.28. The maximum absolute atomic E-state index is 9.79. The molecule has 1 unspecified atom stereocenters. The van der Waals surface area contributed by atoms with E-state index in [4.69, 9.17) is 0 Å². The van der Waals surface area contributed by atoms with Crippen molar-refractivity contribution in [3.05, 3.63) is 17.7 Å². The van der Waals surface area contributed by atoms with Crippen LogP contribution >= 0.6 is 0 Å². The van der Waals surface area contributed by atoms with E-state index in [1.165, 1.54) is 25.1 Å². The number of aliphatic hydroxyl groups is 1. The van der Waals surface area contributed by atoms with Crippen LogP contribution in [0.25, 0.3) is 0 Å². The minimum absolute atomic E-state index is 0.273. The smallest absolute Gasteiger partial charge is 0.112 e. The summed E-state index contributed by atoms with van der Waals surface area (Å²) in [5.74, 6) is 1.90. The summed E-state index contributed by atoms with van der Waals surface area (Å²) in [7, 11) is 0. The minimum atomic E-state index is -0.273. The first kappa shape index (κ1) is 8.48. The highest BCUT2D eigenvalue weighted by Crippen LogP contribution is 2.38. The molecule has 0 amide bonds. The van der Waals surface area contributed by atoms with Crippen molar-refractivity contribution >= 4 is 0 Å². The molecule has 3 heteroatoms. The second kappa shape index (κ2) is 3.09. The highest BCUT2D eigenvalue weighted by molar-refractivity contribution is 5.15. The van der Waals surface area contributed by atoms with E-state index in [2.05, 4.69) is 9.55 Å². The molecule has 1 N–H and O–H groups in total. The Morgan fingerprint density at radius 3 is 2.86 bits per heavy atom. The summed E-state index contributed by atoms with van der Waals surface area (Å²) in [6.45, 7) is 1.05. The van der Waals surface area contributed by atoms with Gasteiger partial charge in [0.05, 0.1) is 18.0 Å². The molecule has 3 nitrogen and oxygen atoms in total. The van der Waals surface area contributed by atoms with E-state index < -0.39 is 0 Å². The Hall–Kier alpha value is -0.830. The lowest BCUT2D eigenvalue weighted by Crippen LogP contribution is -2.21. The van der Waals surface area contributed by atoms with Crippen LogP contribution in [-0.2, 0) is 6.54 Å². The Kier molecular flexibility index (Phi) is 1.87. The van der Waals surface area contributed by atoms with Crippen molar-refractivity contribution in [3.63, 3.8) is 0 Å². The predicted octanol–water partition coefficient (Wildman–Crippen LogP) is 1.98. The van der Waals surface area contributed by atoms with Gasteiger partial charge >= 0.3 is 0 Å². The third-order valence-electron chi connectivity index (χ3n) is 3.59. The van der Waals surface area contributed by atoms with Crippen LogP contribution in [0.1, 0.15) is 55.6 Å². The van der Waals surface area contributed by atoms with Gasteiger partial charge in [0.1, 0.15) is 5.82 Å². The SMILES string of the molecule is OC1CCCn2c1cnc2C1CCC1. The van der Waals surface area contributed by atoms with Gasteiger partial charge in [0, 0.05) is 12.5 Å². The number of nitrogens with zero attached hydrogens (tertiary/aromatic N) is 2. The number of aromatic nitrogens is 2. The zero-order chi connectivity index (χ0) is 9.54. The van der Waals surface area contributed by atoms with Crippen LogP contribution in [0.4, 0.5) is 0 Å². The van der Waals surface area contributed by atoms with Gasteiger partial charge in [-0.25, -0.2) is 4.98 Å². The van der Waals surface area contributed by atoms with E-state index in [1.54, 1.807) is 0 Å². The van der Waals surface area contributed by atoms with Crippen molar-refractivity contribution in [1.29, 1.82) is 0 Å². The van der Waals surface area contributed by atoms with E-state index in [1.807, 2.05) is 6.20 Å². The summed E-state index contributed by atoms with van der Waals surface area (Å²) in [5.41, 5.74) is 1.04. The molecule has 1 aromatic heterocycles. The second-order valence-electron chi connectivity index (χ2n) is 4.48. The Balaban J connectivity index is 1.97. The Morgan fingerprint density at radius 2 is 2.14 bits per heavy atom. The van der Waals surface area contributed by atoms with Crippen molar-refractivity contribution in [2.75, 3.05) is 0 Å². The maximum atomic E-state index is 9.79. The number of fused-ring (bicyclic) bond motifs is 1. The standard InChI is InChI=1S/C11H16N2O/c14-10-5-2-6-13-9(10)7-12-11(13)8-3-1-4-8/h7-8,10,14H,1-6H2. The Bertz CT molecular complexity index is 341. The van der Waals surface area contributed by atoms with Gasteiger partial charge < -0.3 is 9.67 Å². The Morgan fingerprint density at radius 1 is 1.29 bits per heavy atom. The molecular formula is C11H16N2O. The molecule has 1 saturated carbocycles. The highest BCUT2D eigenvalue weighted by atomic mass is 16.3. The van der Waals surface area contributed by atoms with Crippen LogP contribution in [0.5, 0.6) is 0 Å². The molecule has 0 spiro atoms. The predicted molar refractivity (Wildman–Crippen MR) is 53.0 cm³/mol. The molecule has 76 valence electrons. The summed E-state index contributed by atoms with van der Waals surface area (Å²) in [5, 5.41) is 9.79. The molecule has 14 heavy (non-hydrogen) atoms. The van der Waals surface area contributed by atoms with Gasteiger partial charge in [-0.05, 0) is 25.7 Å². The third-order valence-corrected chi connectivity index (χ3v) is 3.59. The second-order valence-corrected chi connectivity index (χ2v) is 4.48. The van der Waals surface area contributed by atoms with Crippen molar-refractivity contribution in [3.8, 4) is 0 Å². The zero-order valence-electron chi connectivity index (χ0n) is 8.32. The van der Waals surface area contributed by atoms with Crippen LogP contribution in [0, 0.1) is 0 Å². The van der Waals surface area contributed by atoms with Gasteiger partial charge in [0.2, 0.25) is 0 Å². The largest absolute Gasteiger partial charge is 0.387 e. The molecule has 3 rings (SSSR count). The molecule has 1 aromatic rings. The van der Waals surface area contributed by atoms with Crippen LogP contribution in [-0.4, -0.2) is 14.7 Å². The van der Waals surface area contributed by atoms with E-state index in [9.17, 15) is 5.11 Å². The fraction of sp³-hybridized carbons (Fsp3) is 0.727. The normalized spacial score (nSPS) is 27.1. The first-order valence-corrected chi connectivity index (χ1v) is 5.59.